The summed E-state index contributed by atoms with van der Waals surface area (Å²) in [4.78, 5) is 26.8. The number of amides is 2. The number of nitrogens with zero attached hydrogens (tertiary/aromatic N) is 2. The third kappa shape index (κ3) is 6.33. The first-order chi connectivity index (χ1) is 15.0. The molecule has 0 spiro atoms. The molecule has 0 unspecified atom stereocenters. The van der Waals surface area contributed by atoms with E-state index in [2.05, 4.69) is 5.32 Å². The van der Waals surface area contributed by atoms with Crippen LogP contribution in [0.5, 0.6) is 5.75 Å². The van der Waals surface area contributed by atoms with Crippen molar-refractivity contribution in [3.05, 3.63) is 58.9 Å². The van der Waals surface area contributed by atoms with E-state index in [1.807, 2.05) is 0 Å². The summed E-state index contributed by atoms with van der Waals surface area (Å²) in [5.41, 5.74) is 0.659. The van der Waals surface area contributed by atoms with Crippen LogP contribution in [0.25, 0.3) is 0 Å². The van der Waals surface area contributed by atoms with Gasteiger partial charge < -0.3 is 15.0 Å². The van der Waals surface area contributed by atoms with Crippen LogP contribution in [0.1, 0.15) is 12.5 Å². The van der Waals surface area contributed by atoms with Crippen LogP contribution in [0.4, 0.5) is 10.1 Å². The normalized spacial score (nSPS) is 12.1. The highest BCUT2D eigenvalue weighted by atomic mass is 35.5. The molecule has 0 aliphatic carbocycles. The van der Waals surface area contributed by atoms with E-state index in [1.54, 1.807) is 0 Å². The third-order valence-electron chi connectivity index (χ3n) is 4.77. The summed E-state index contributed by atoms with van der Waals surface area (Å²) in [6.45, 7) is 0.890. The molecule has 0 aromatic heterocycles. The molecule has 0 radical (unpaired) electrons. The molecule has 2 aromatic rings. The van der Waals surface area contributed by atoms with Gasteiger partial charge in [-0.3, -0.25) is 13.9 Å². The first-order valence-electron chi connectivity index (χ1n) is 9.54. The number of carbonyl (C=O) groups excluding carboxylic acids is 2. The molecule has 11 heteroatoms. The van der Waals surface area contributed by atoms with Crippen molar-refractivity contribution in [1.29, 1.82) is 0 Å². The number of rotatable bonds is 9. The molecule has 0 saturated heterocycles. The smallest absolute Gasteiger partial charge is 0.244 e. The van der Waals surface area contributed by atoms with Gasteiger partial charge in [0.25, 0.3) is 0 Å². The lowest BCUT2D eigenvalue weighted by Gasteiger charge is -2.31. The standard InChI is InChI=1S/C21H25ClFN3O5S/c1-14(21(28)24-2)25(12-15-5-8-17(23)9-6-15)20(27)13-26(32(4,29)30)18-11-16(22)7-10-19(18)31-3/h5-11,14H,12-13H2,1-4H3,(H,24,28)/t14-/m0/s1. The minimum absolute atomic E-state index is 0.0298. The fourth-order valence-electron chi connectivity index (χ4n) is 3.03. The lowest BCUT2D eigenvalue weighted by Crippen LogP contribution is -2.50. The van der Waals surface area contributed by atoms with Gasteiger partial charge in [-0.1, -0.05) is 23.7 Å². The van der Waals surface area contributed by atoms with Crippen molar-refractivity contribution in [2.45, 2.75) is 19.5 Å². The molecular weight excluding hydrogens is 461 g/mol. The molecule has 2 aromatic carbocycles. The Labute approximate surface area is 192 Å². The van der Waals surface area contributed by atoms with Crippen LogP contribution in [-0.2, 0) is 26.2 Å². The van der Waals surface area contributed by atoms with E-state index < -0.39 is 40.2 Å². The van der Waals surface area contributed by atoms with Crippen molar-refractivity contribution in [2.75, 3.05) is 31.3 Å². The Morgan fingerprint density at radius 2 is 1.81 bits per heavy atom. The molecule has 32 heavy (non-hydrogen) atoms. The van der Waals surface area contributed by atoms with Crippen LogP contribution in [0.2, 0.25) is 5.02 Å². The third-order valence-corrected chi connectivity index (χ3v) is 6.13. The molecule has 0 aliphatic heterocycles. The Morgan fingerprint density at radius 1 is 1.19 bits per heavy atom. The molecule has 174 valence electrons. The second kappa shape index (κ2) is 10.6. The van der Waals surface area contributed by atoms with Gasteiger partial charge in [0.2, 0.25) is 21.8 Å². The summed E-state index contributed by atoms with van der Waals surface area (Å²) in [5, 5.41) is 2.73. The van der Waals surface area contributed by atoms with Gasteiger partial charge in [0, 0.05) is 18.6 Å². The minimum atomic E-state index is -3.93. The Kier molecular flexibility index (Phi) is 8.45. The van der Waals surface area contributed by atoms with Crippen LogP contribution in [0.15, 0.2) is 42.5 Å². The van der Waals surface area contributed by atoms with E-state index in [9.17, 15) is 22.4 Å². The van der Waals surface area contributed by atoms with Crippen molar-refractivity contribution >= 4 is 39.1 Å². The molecule has 2 rings (SSSR count). The number of ether oxygens (including phenoxy) is 1. The summed E-state index contributed by atoms with van der Waals surface area (Å²) in [5.74, 6) is -1.32. The fraction of sp³-hybridized carbons (Fsp3) is 0.333. The van der Waals surface area contributed by atoms with E-state index in [0.717, 1.165) is 10.6 Å². The number of halogens is 2. The first-order valence-corrected chi connectivity index (χ1v) is 11.8. The van der Waals surface area contributed by atoms with E-state index in [-0.39, 0.29) is 23.0 Å². The largest absolute Gasteiger partial charge is 0.495 e. The van der Waals surface area contributed by atoms with Gasteiger partial charge in [-0.25, -0.2) is 12.8 Å². The number of benzene rings is 2. The summed E-state index contributed by atoms with van der Waals surface area (Å²) >= 11 is 6.04. The van der Waals surface area contributed by atoms with Gasteiger partial charge in [0.15, 0.2) is 0 Å². The summed E-state index contributed by atoms with van der Waals surface area (Å²) in [7, 11) is -1.13. The Balaban J connectivity index is 2.44. The lowest BCUT2D eigenvalue weighted by molar-refractivity contribution is -0.139. The van der Waals surface area contributed by atoms with Crippen molar-refractivity contribution in [3.63, 3.8) is 0 Å². The Bertz CT molecular complexity index is 1080. The van der Waals surface area contributed by atoms with Gasteiger partial charge in [0.05, 0.1) is 19.1 Å². The quantitative estimate of drug-likeness (QED) is 0.588. The summed E-state index contributed by atoms with van der Waals surface area (Å²) in [6.07, 6.45) is 0.952. The Morgan fingerprint density at radius 3 is 2.34 bits per heavy atom. The number of hydrogen-bond acceptors (Lipinski definition) is 5. The molecule has 0 aliphatic rings. The van der Waals surface area contributed by atoms with E-state index in [0.29, 0.717) is 5.56 Å². The molecule has 8 nitrogen and oxygen atoms in total. The zero-order valence-corrected chi connectivity index (χ0v) is 19.7. The van der Waals surface area contributed by atoms with Gasteiger partial charge >= 0.3 is 0 Å². The van der Waals surface area contributed by atoms with E-state index >= 15 is 0 Å². The average Bonchev–Trinajstić information content (AvgIpc) is 2.75. The maximum atomic E-state index is 13.3. The van der Waals surface area contributed by atoms with Gasteiger partial charge in [-0.2, -0.15) is 0 Å². The van der Waals surface area contributed by atoms with E-state index in [4.69, 9.17) is 16.3 Å². The number of methoxy groups -OCH3 is 1. The zero-order chi connectivity index (χ0) is 24.1. The molecular formula is C21H25ClFN3O5S. The molecule has 2 amide bonds. The number of likely N-dealkylation sites (N-methyl/N-ethyl adjacent to an activating group) is 1. The van der Waals surface area contributed by atoms with Crippen molar-refractivity contribution in [3.8, 4) is 5.75 Å². The Hall–Kier alpha value is -2.85. The topological polar surface area (TPSA) is 96.0 Å². The average molecular weight is 486 g/mol. The highest BCUT2D eigenvalue weighted by molar-refractivity contribution is 7.92. The van der Waals surface area contributed by atoms with Crippen LogP contribution < -0.4 is 14.4 Å². The molecule has 0 heterocycles. The maximum Gasteiger partial charge on any atom is 0.244 e. The highest BCUT2D eigenvalue weighted by Gasteiger charge is 2.31. The maximum absolute atomic E-state index is 13.3. The van der Waals surface area contributed by atoms with Gasteiger partial charge in [-0.15, -0.1) is 0 Å². The predicted octanol–water partition coefficient (Wildman–Crippen LogP) is 2.42. The van der Waals surface area contributed by atoms with Gasteiger partial charge in [-0.05, 0) is 42.8 Å². The lowest BCUT2D eigenvalue weighted by atomic mass is 10.1. The number of carbonyl (C=O) groups is 2. The predicted molar refractivity (Wildman–Crippen MR) is 121 cm³/mol. The molecule has 0 saturated carbocycles. The number of nitrogens with one attached hydrogen (secondary N) is 1. The summed E-state index contributed by atoms with van der Waals surface area (Å²) < 4.78 is 44.5. The molecule has 1 atom stereocenters. The fourth-order valence-corrected chi connectivity index (χ4v) is 4.04. The van der Waals surface area contributed by atoms with Crippen molar-refractivity contribution in [2.24, 2.45) is 0 Å². The number of hydrogen-bond donors (Lipinski definition) is 1. The SMILES string of the molecule is CNC(=O)[C@H](C)N(Cc1ccc(F)cc1)C(=O)CN(c1cc(Cl)ccc1OC)S(C)(=O)=O. The number of sulfonamides is 1. The van der Waals surface area contributed by atoms with Crippen LogP contribution in [0.3, 0.4) is 0 Å². The van der Waals surface area contributed by atoms with Crippen LogP contribution in [0, 0.1) is 5.82 Å². The molecule has 0 bridgehead atoms. The van der Waals surface area contributed by atoms with E-state index in [1.165, 1.54) is 68.4 Å². The van der Waals surface area contributed by atoms with Crippen LogP contribution >= 0.6 is 11.6 Å². The zero-order valence-electron chi connectivity index (χ0n) is 18.1. The molecule has 1 N–H and O–H groups in total. The monoisotopic (exact) mass is 485 g/mol. The summed E-state index contributed by atoms with van der Waals surface area (Å²) in [6, 6.07) is 8.93. The number of anilines is 1. The minimum Gasteiger partial charge on any atom is -0.495 e. The second-order valence-corrected chi connectivity index (χ2v) is 9.37. The van der Waals surface area contributed by atoms with Crippen molar-refractivity contribution in [1.82, 2.24) is 10.2 Å². The first kappa shape index (κ1) is 25.4. The van der Waals surface area contributed by atoms with Crippen LogP contribution in [-0.4, -0.2) is 58.1 Å². The van der Waals surface area contributed by atoms with Crippen molar-refractivity contribution < 1.29 is 27.1 Å². The second-order valence-electron chi connectivity index (χ2n) is 7.02. The molecule has 0 fully saturated rings. The highest BCUT2D eigenvalue weighted by Crippen LogP contribution is 2.33. The van der Waals surface area contributed by atoms with Gasteiger partial charge in [0.1, 0.15) is 24.2 Å².